The third-order valence-corrected chi connectivity index (χ3v) is 4.85. The Morgan fingerprint density at radius 3 is 2.48 bits per heavy atom. The molecule has 3 aromatic carbocycles. The van der Waals surface area contributed by atoms with Gasteiger partial charge in [0.25, 0.3) is 11.8 Å². The van der Waals surface area contributed by atoms with Crippen molar-refractivity contribution in [3.63, 3.8) is 0 Å². The van der Waals surface area contributed by atoms with Gasteiger partial charge in [-0.1, -0.05) is 30.3 Å². The van der Waals surface area contributed by atoms with Gasteiger partial charge in [0.2, 0.25) is 0 Å². The zero-order valence-corrected chi connectivity index (χ0v) is 16.0. The molecule has 29 heavy (non-hydrogen) atoms. The van der Waals surface area contributed by atoms with E-state index in [9.17, 15) is 9.59 Å². The van der Waals surface area contributed by atoms with Gasteiger partial charge >= 0.3 is 0 Å². The van der Waals surface area contributed by atoms with Crippen molar-refractivity contribution in [2.24, 2.45) is 5.73 Å². The summed E-state index contributed by atoms with van der Waals surface area (Å²) in [6.45, 7) is 2.69. The van der Waals surface area contributed by atoms with Gasteiger partial charge in [-0.3, -0.25) is 9.59 Å². The fraction of sp³-hybridized carbons (Fsp3) is 0.130. The summed E-state index contributed by atoms with van der Waals surface area (Å²) < 4.78 is 7.62. The van der Waals surface area contributed by atoms with Crippen molar-refractivity contribution < 1.29 is 14.3 Å². The van der Waals surface area contributed by atoms with E-state index in [-0.39, 0.29) is 12.5 Å². The normalized spacial score (nSPS) is 10.9. The molecule has 0 unspecified atom stereocenters. The molecule has 0 radical (unpaired) electrons. The molecule has 0 aliphatic rings. The van der Waals surface area contributed by atoms with Crippen molar-refractivity contribution in [2.75, 3.05) is 11.9 Å². The first-order valence-electron chi connectivity index (χ1n) is 9.41. The molecule has 0 fully saturated rings. The van der Waals surface area contributed by atoms with Crippen LogP contribution in [0.5, 0.6) is 5.75 Å². The molecule has 0 spiro atoms. The molecule has 146 valence electrons. The number of nitrogens with one attached hydrogen (secondary N) is 1. The number of nitrogens with two attached hydrogens (primary N) is 1. The fourth-order valence-corrected chi connectivity index (χ4v) is 3.60. The van der Waals surface area contributed by atoms with E-state index in [1.165, 1.54) is 5.52 Å². The van der Waals surface area contributed by atoms with Gasteiger partial charge in [0.15, 0.2) is 6.61 Å². The first-order valence-corrected chi connectivity index (χ1v) is 9.41. The van der Waals surface area contributed by atoms with Crippen molar-refractivity contribution >= 4 is 39.3 Å². The Morgan fingerprint density at radius 2 is 1.69 bits per heavy atom. The summed E-state index contributed by atoms with van der Waals surface area (Å²) in [4.78, 5) is 23.8. The van der Waals surface area contributed by atoms with Crippen LogP contribution < -0.4 is 15.8 Å². The number of benzene rings is 3. The minimum atomic E-state index is -0.599. The Morgan fingerprint density at radius 1 is 0.966 bits per heavy atom. The van der Waals surface area contributed by atoms with E-state index >= 15 is 0 Å². The number of anilines is 1. The third-order valence-electron chi connectivity index (χ3n) is 4.85. The van der Waals surface area contributed by atoms with Crippen LogP contribution in [0.4, 0.5) is 5.69 Å². The van der Waals surface area contributed by atoms with Gasteiger partial charge in [-0.25, -0.2) is 0 Å². The van der Waals surface area contributed by atoms with Gasteiger partial charge in [0.1, 0.15) is 5.75 Å². The van der Waals surface area contributed by atoms with Crippen LogP contribution in [-0.2, 0) is 11.3 Å². The molecule has 6 nitrogen and oxygen atoms in total. The zero-order chi connectivity index (χ0) is 20.4. The number of aromatic nitrogens is 1. The van der Waals surface area contributed by atoms with Crippen LogP contribution >= 0.6 is 0 Å². The van der Waals surface area contributed by atoms with Crippen LogP contribution in [0.1, 0.15) is 17.3 Å². The highest BCUT2D eigenvalue weighted by molar-refractivity contribution is 6.11. The highest BCUT2D eigenvalue weighted by Crippen LogP contribution is 2.31. The minimum absolute atomic E-state index is 0.285. The van der Waals surface area contributed by atoms with Crippen LogP contribution in [0.15, 0.2) is 66.7 Å². The molecule has 0 aliphatic heterocycles. The number of rotatable bonds is 6. The van der Waals surface area contributed by atoms with E-state index in [0.717, 1.165) is 22.8 Å². The fourth-order valence-electron chi connectivity index (χ4n) is 3.60. The molecule has 3 N–H and O–H groups in total. The molecule has 6 heteroatoms. The lowest BCUT2D eigenvalue weighted by atomic mass is 10.1. The molecule has 0 saturated heterocycles. The highest BCUT2D eigenvalue weighted by Gasteiger charge is 2.15. The second kappa shape index (κ2) is 7.67. The lowest BCUT2D eigenvalue weighted by Crippen LogP contribution is -2.21. The first kappa shape index (κ1) is 18.6. The Labute approximate surface area is 167 Å². The molecule has 1 aromatic heterocycles. The Hall–Kier alpha value is -3.80. The van der Waals surface area contributed by atoms with Crippen LogP contribution in [0, 0.1) is 0 Å². The van der Waals surface area contributed by atoms with Crippen molar-refractivity contribution in [1.29, 1.82) is 0 Å². The lowest BCUT2D eigenvalue weighted by Gasteiger charge is -2.11. The number of hydrogen-bond donors (Lipinski definition) is 2. The van der Waals surface area contributed by atoms with Crippen LogP contribution in [0.2, 0.25) is 0 Å². The molecular formula is C23H21N3O3. The molecular weight excluding hydrogens is 366 g/mol. The maximum atomic E-state index is 12.8. The summed E-state index contributed by atoms with van der Waals surface area (Å²) in [6.07, 6.45) is 0. The summed E-state index contributed by atoms with van der Waals surface area (Å²) in [6, 6.07) is 20.9. The van der Waals surface area contributed by atoms with Crippen LogP contribution in [0.3, 0.4) is 0 Å². The van der Waals surface area contributed by atoms with E-state index in [1.54, 1.807) is 24.3 Å². The third kappa shape index (κ3) is 3.52. The predicted octanol–water partition coefficient (Wildman–Crippen LogP) is 3.93. The molecule has 1 heterocycles. The number of hydrogen-bond acceptors (Lipinski definition) is 3. The quantitative estimate of drug-likeness (QED) is 0.526. The Bertz CT molecular complexity index is 1230. The maximum absolute atomic E-state index is 12.8. The summed E-state index contributed by atoms with van der Waals surface area (Å²) in [5.74, 6) is -0.603. The summed E-state index contributed by atoms with van der Waals surface area (Å²) in [5, 5.41) is 5.15. The maximum Gasteiger partial charge on any atom is 0.259 e. The number of para-hydroxylation sites is 2. The van der Waals surface area contributed by atoms with Gasteiger partial charge in [-0.15, -0.1) is 0 Å². The lowest BCUT2D eigenvalue weighted by molar-refractivity contribution is -0.119. The summed E-state index contributed by atoms with van der Waals surface area (Å²) in [7, 11) is 0. The first-order chi connectivity index (χ1) is 14.1. The SMILES string of the molecule is CCn1c2ccccc2c2cc(NC(=O)c3ccccc3OCC(N)=O)ccc21. The van der Waals surface area contributed by atoms with E-state index in [0.29, 0.717) is 17.0 Å². The van der Waals surface area contributed by atoms with Gasteiger partial charge < -0.3 is 20.4 Å². The second-order valence-electron chi connectivity index (χ2n) is 6.70. The average molecular weight is 387 g/mol. The molecule has 0 aliphatic carbocycles. The largest absolute Gasteiger partial charge is 0.483 e. The number of ether oxygens (including phenoxy) is 1. The van der Waals surface area contributed by atoms with Crippen molar-refractivity contribution in [3.8, 4) is 5.75 Å². The number of amides is 2. The molecule has 4 aromatic rings. The second-order valence-corrected chi connectivity index (χ2v) is 6.70. The van der Waals surface area contributed by atoms with Gasteiger partial charge in [-0.05, 0) is 43.3 Å². The zero-order valence-electron chi connectivity index (χ0n) is 16.0. The number of carbonyl (C=O) groups is 2. The van der Waals surface area contributed by atoms with Gasteiger partial charge in [0, 0.05) is 34.0 Å². The Kier molecular flexibility index (Phi) is 4.91. The number of aryl methyl sites for hydroxylation is 1. The minimum Gasteiger partial charge on any atom is -0.483 e. The summed E-state index contributed by atoms with van der Waals surface area (Å²) in [5.41, 5.74) is 8.45. The van der Waals surface area contributed by atoms with E-state index in [2.05, 4.69) is 28.9 Å². The molecule has 0 saturated carbocycles. The molecule has 0 bridgehead atoms. The molecule has 2 amide bonds. The van der Waals surface area contributed by atoms with Gasteiger partial charge in [-0.2, -0.15) is 0 Å². The smallest absolute Gasteiger partial charge is 0.259 e. The number of nitrogens with zero attached hydrogens (tertiary/aromatic N) is 1. The van der Waals surface area contributed by atoms with E-state index < -0.39 is 5.91 Å². The Balaban J connectivity index is 1.68. The van der Waals surface area contributed by atoms with Crippen molar-refractivity contribution in [2.45, 2.75) is 13.5 Å². The standard InChI is InChI=1S/C23H21N3O3/c1-2-26-19-9-5-3-7-16(19)18-13-15(11-12-20(18)26)25-23(28)17-8-4-6-10-21(17)29-14-22(24)27/h3-13H,2,14H2,1H3,(H2,24,27)(H,25,28). The average Bonchev–Trinajstić information content (AvgIpc) is 3.05. The van der Waals surface area contributed by atoms with E-state index in [1.807, 2.05) is 30.3 Å². The number of primary amides is 1. The molecule has 0 atom stereocenters. The van der Waals surface area contributed by atoms with Crippen LogP contribution in [0.25, 0.3) is 21.8 Å². The van der Waals surface area contributed by atoms with Crippen LogP contribution in [-0.4, -0.2) is 23.0 Å². The molecule has 4 rings (SSSR count). The topological polar surface area (TPSA) is 86.3 Å². The van der Waals surface area contributed by atoms with Crippen molar-refractivity contribution in [1.82, 2.24) is 4.57 Å². The number of carbonyl (C=O) groups excluding carboxylic acids is 2. The summed E-state index contributed by atoms with van der Waals surface area (Å²) >= 11 is 0. The monoisotopic (exact) mass is 387 g/mol. The van der Waals surface area contributed by atoms with E-state index in [4.69, 9.17) is 10.5 Å². The predicted molar refractivity (Wildman–Crippen MR) is 114 cm³/mol. The highest BCUT2D eigenvalue weighted by atomic mass is 16.5. The van der Waals surface area contributed by atoms with Gasteiger partial charge in [0.05, 0.1) is 5.56 Å². The number of fused-ring (bicyclic) bond motifs is 3. The van der Waals surface area contributed by atoms with Crippen molar-refractivity contribution in [3.05, 3.63) is 72.3 Å².